The maximum absolute atomic E-state index is 12.7. The number of hydrogen-bond acceptors (Lipinski definition) is 8. The zero-order valence-corrected chi connectivity index (χ0v) is 18.6. The first kappa shape index (κ1) is 21.8. The van der Waals surface area contributed by atoms with Crippen molar-refractivity contribution in [2.45, 2.75) is 32.2 Å². The zero-order chi connectivity index (χ0) is 20.5. The van der Waals surface area contributed by atoms with Gasteiger partial charge >= 0.3 is 0 Å². The van der Waals surface area contributed by atoms with Gasteiger partial charge in [-0.1, -0.05) is 35.0 Å². The number of pyridine rings is 1. The lowest BCUT2D eigenvalue weighted by Gasteiger charge is -2.29. The molecule has 1 fully saturated rings. The molecule has 3 rings (SSSR count). The van der Waals surface area contributed by atoms with Crippen molar-refractivity contribution in [1.82, 2.24) is 14.6 Å². The number of nitrogens with zero attached hydrogens (tertiary/aromatic N) is 3. The highest BCUT2D eigenvalue weighted by Gasteiger charge is 2.30. The topological polar surface area (TPSA) is 105 Å². The van der Waals surface area contributed by atoms with Crippen LogP contribution in [0.4, 0.5) is 5.69 Å². The predicted octanol–water partition coefficient (Wildman–Crippen LogP) is 3.88. The maximum atomic E-state index is 12.7. The zero-order valence-electron chi connectivity index (χ0n) is 14.6. The molecule has 2 aromatic rings. The second-order valence-electron chi connectivity index (χ2n) is 6.23. The summed E-state index contributed by atoms with van der Waals surface area (Å²) in [7, 11) is -1.89. The summed E-state index contributed by atoms with van der Waals surface area (Å²) in [6.45, 7) is 1.58. The normalized spacial score (nSPS) is 16.4. The van der Waals surface area contributed by atoms with Gasteiger partial charge in [-0.2, -0.15) is 0 Å². The molecular weight excluding hydrogens is 467 g/mol. The monoisotopic (exact) mass is 482 g/mol. The average molecular weight is 483 g/mol. The Morgan fingerprint density at radius 1 is 1.32 bits per heavy atom. The molecule has 1 saturated heterocycles. The molecule has 0 atom stereocenters. The van der Waals surface area contributed by atoms with E-state index in [-0.39, 0.29) is 30.2 Å². The number of sulfonamides is 1. The van der Waals surface area contributed by atoms with Crippen LogP contribution in [0.2, 0.25) is 10.0 Å². The molecule has 152 valence electrons. The second-order valence-corrected chi connectivity index (χ2v) is 11.3. The van der Waals surface area contributed by atoms with Gasteiger partial charge < -0.3 is 4.90 Å². The fourth-order valence-corrected chi connectivity index (χ4v) is 7.32. The summed E-state index contributed by atoms with van der Waals surface area (Å²) in [5.41, 5.74) is -0.303. The minimum atomic E-state index is -3.87. The first-order chi connectivity index (χ1) is 13.2. The van der Waals surface area contributed by atoms with E-state index in [1.54, 1.807) is 0 Å². The SMILES string of the molecule is CN1CCC(NS(=O)(=O)c2cc([N+](=O)[O-])c(Sc3c(Cl)cncc3Cl)s2)CC1. The largest absolute Gasteiger partial charge is 0.306 e. The number of aromatic nitrogens is 1. The van der Waals surface area contributed by atoms with Crippen molar-refractivity contribution < 1.29 is 13.3 Å². The molecule has 1 N–H and O–H groups in total. The summed E-state index contributed by atoms with van der Waals surface area (Å²) in [6, 6.07) is 0.885. The number of piperidine rings is 1. The molecule has 0 spiro atoms. The van der Waals surface area contributed by atoms with Crippen molar-refractivity contribution >= 4 is 62.0 Å². The fraction of sp³-hybridized carbons (Fsp3) is 0.400. The molecular formula is C15H16Cl2N4O4S3. The predicted molar refractivity (Wildman–Crippen MR) is 110 cm³/mol. The average Bonchev–Trinajstić information content (AvgIpc) is 3.05. The van der Waals surface area contributed by atoms with Crippen LogP contribution in [0.3, 0.4) is 0 Å². The van der Waals surface area contributed by atoms with Crippen LogP contribution in [0.15, 0.2) is 31.8 Å². The maximum Gasteiger partial charge on any atom is 0.295 e. The molecule has 0 amide bonds. The van der Waals surface area contributed by atoms with E-state index in [4.69, 9.17) is 23.2 Å². The van der Waals surface area contributed by atoms with Crippen LogP contribution >= 0.6 is 46.3 Å². The van der Waals surface area contributed by atoms with E-state index in [1.807, 2.05) is 7.05 Å². The minimum absolute atomic E-state index is 0.109. The third kappa shape index (κ3) is 4.96. The Labute approximate surface area is 180 Å². The summed E-state index contributed by atoms with van der Waals surface area (Å²) in [5, 5.41) is 11.9. The lowest BCUT2D eigenvalue weighted by atomic mass is 10.1. The van der Waals surface area contributed by atoms with E-state index >= 15 is 0 Å². The molecule has 13 heteroatoms. The summed E-state index contributed by atoms with van der Waals surface area (Å²) >= 11 is 13.9. The lowest BCUT2D eigenvalue weighted by molar-refractivity contribution is -0.387. The molecule has 8 nitrogen and oxygen atoms in total. The van der Waals surface area contributed by atoms with Crippen molar-refractivity contribution in [3.05, 3.63) is 38.6 Å². The van der Waals surface area contributed by atoms with Crippen molar-refractivity contribution in [2.75, 3.05) is 20.1 Å². The molecule has 0 saturated carbocycles. The van der Waals surface area contributed by atoms with Gasteiger partial charge in [0.15, 0.2) is 0 Å². The Hall–Kier alpha value is -0.950. The van der Waals surface area contributed by atoms with Crippen LogP contribution in [0.25, 0.3) is 0 Å². The van der Waals surface area contributed by atoms with Crippen molar-refractivity contribution in [3.8, 4) is 0 Å². The van der Waals surface area contributed by atoms with Crippen LogP contribution in [0, 0.1) is 10.1 Å². The molecule has 1 aliphatic heterocycles. The molecule has 28 heavy (non-hydrogen) atoms. The van der Waals surface area contributed by atoms with Gasteiger partial charge in [0.05, 0.1) is 19.9 Å². The van der Waals surface area contributed by atoms with Crippen LogP contribution in [-0.4, -0.2) is 49.4 Å². The van der Waals surface area contributed by atoms with Gasteiger partial charge in [-0.3, -0.25) is 15.1 Å². The Bertz CT molecular complexity index is 971. The Balaban J connectivity index is 1.89. The molecule has 0 aliphatic carbocycles. The standard InChI is InChI=1S/C15H16Cl2N4O4S3/c1-20-4-2-9(3-5-20)19-28(24,25)13-6-12(21(22)23)15(26-13)27-14-10(16)7-18-8-11(14)17/h6-9,19H,2-5H2,1H3. The first-order valence-corrected chi connectivity index (χ1v) is 12.0. The van der Waals surface area contributed by atoms with E-state index in [2.05, 4.69) is 14.6 Å². The first-order valence-electron chi connectivity index (χ1n) is 8.13. The van der Waals surface area contributed by atoms with Crippen molar-refractivity contribution in [2.24, 2.45) is 0 Å². The van der Waals surface area contributed by atoms with Crippen molar-refractivity contribution in [3.63, 3.8) is 0 Å². The van der Waals surface area contributed by atoms with Crippen LogP contribution in [0.1, 0.15) is 12.8 Å². The lowest BCUT2D eigenvalue weighted by Crippen LogP contribution is -2.43. The molecule has 1 aliphatic rings. The molecule has 0 aromatic carbocycles. The number of nitrogens with one attached hydrogen (secondary N) is 1. The Morgan fingerprint density at radius 3 is 2.50 bits per heavy atom. The van der Waals surface area contributed by atoms with E-state index in [0.29, 0.717) is 17.7 Å². The highest BCUT2D eigenvalue weighted by molar-refractivity contribution is 8.02. The number of halogens is 2. The van der Waals surface area contributed by atoms with Gasteiger partial charge in [0.2, 0.25) is 0 Å². The third-order valence-electron chi connectivity index (χ3n) is 4.16. The molecule has 0 unspecified atom stereocenters. The number of nitro groups is 1. The quantitative estimate of drug-likeness (QED) is 0.491. The van der Waals surface area contributed by atoms with Crippen LogP contribution < -0.4 is 4.72 Å². The van der Waals surface area contributed by atoms with E-state index in [9.17, 15) is 18.5 Å². The van der Waals surface area contributed by atoms with Gasteiger partial charge in [-0.05, 0) is 33.0 Å². The van der Waals surface area contributed by atoms with E-state index < -0.39 is 14.9 Å². The van der Waals surface area contributed by atoms with Gasteiger partial charge in [-0.15, -0.1) is 11.3 Å². The Morgan fingerprint density at radius 2 is 1.93 bits per heavy atom. The highest BCUT2D eigenvalue weighted by atomic mass is 35.5. The summed E-state index contributed by atoms with van der Waals surface area (Å²) in [5.74, 6) is 0. The summed E-state index contributed by atoms with van der Waals surface area (Å²) in [6.07, 6.45) is 4.11. The van der Waals surface area contributed by atoms with Gasteiger partial charge in [-0.25, -0.2) is 13.1 Å². The summed E-state index contributed by atoms with van der Waals surface area (Å²) < 4.78 is 28.2. The number of thiophene rings is 1. The van der Waals surface area contributed by atoms with Crippen LogP contribution in [-0.2, 0) is 10.0 Å². The molecule has 2 aromatic heterocycles. The molecule has 0 bridgehead atoms. The summed E-state index contributed by atoms with van der Waals surface area (Å²) in [4.78, 5) is 17.2. The van der Waals surface area contributed by atoms with Crippen LogP contribution in [0.5, 0.6) is 0 Å². The number of rotatable bonds is 6. The van der Waals surface area contributed by atoms with Gasteiger partial charge in [0, 0.05) is 24.5 Å². The molecule has 0 radical (unpaired) electrons. The van der Waals surface area contributed by atoms with E-state index in [1.165, 1.54) is 12.4 Å². The van der Waals surface area contributed by atoms with E-state index in [0.717, 1.165) is 42.3 Å². The van der Waals surface area contributed by atoms with Crippen molar-refractivity contribution in [1.29, 1.82) is 0 Å². The highest BCUT2D eigenvalue weighted by Crippen LogP contribution is 2.46. The third-order valence-corrected chi connectivity index (χ3v) is 9.41. The minimum Gasteiger partial charge on any atom is -0.306 e. The second kappa shape index (κ2) is 8.82. The fourth-order valence-electron chi connectivity index (χ4n) is 2.67. The molecule has 3 heterocycles. The van der Waals surface area contributed by atoms with Gasteiger partial charge in [0.1, 0.15) is 8.42 Å². The Kier molecular flexibility index (Phi) is 6.85. The van der Waals surface area contributed by atoms with Gasteiger partial charge in [0.25, 0.3) is 15.7 Å². The number of hydrogen-bond donors (Lipinski definition) is 1. The smallest absolute Gasteiger partial charge is 0.295 e. The number of likely N-dealkylation sites (tertiary alicyclic amines) is 1.